The monoisotopic (exact) mass is 212 g/mol. The van der Waals surface area contributed by atoms with E-state index >= 15 is 0 Å². The van der Waals surface area contributed by atoms with Gasteiger partial charge >= 0.3 is 0 Å². The van der Waals surface area contributed by atoms with E-state index in [1.165, 1.54) is 32.1 Å². The van der Waals surface area contributed by atoms with E-state index in [-0.39, 0.29) is 6.29 Å². The van der Waals surface area contributed by atoms with Gasteiger partial charge in [-0.05, 0) is 19.3 Å². The SMILES string of the molecule is CCCCCC/C=C\CCC1OCCO1. The van der Waals surface area contributed by atoms with Crippen molar-refractivity contribution < 1.29 is 9.47 Å². The molecule has 88 valence electrons. The van der Waals surface area contributed by atoms with Gasteiger partial charge in [0.2, 0.25) is 0 Å². The van der Waals surface area contributed by atoms with Crippen LogP contribution in [-0.4, -0.2) is 19.5 Å². The standard InChI is InChI=1S/C13H24O2/c1-2-3-4-5-6-7-8-9-10-13-14-11-12-15-13/h7-8,13H,2-6,9-12H2,1H3/b8-7-. The van der Waals surface area contributed by atoms with Crippen molar-refractivity contribution in [1.29, 1.82) is 0 Å². The second kappa shape index (κ2) is 8.93. The maximum absolute atomic E-state index is 5.36. The molecule has 0 amide bonds. The average molecular weight is 212 g/mol. The van der Waals surface area contributed by atoms with Gasteiger partial charge in [-0.15, -0.1) is 0 Å². The van der Waals surface area contributed by atoms with Crippen molar-refractivity contribution in [2.24, 2.45) is 0 Å². The van der Waals surface area contributed by atoms with Crippen molar-refractivity contribution in [3.05, 3.63) is 12.2 Å². The lowest BCUT2D eigenvalue weighted by atomic mass is 10.1. The molecular formula is C13H24O2. The van der Waals surface area contributed by atoms with Gasteiger partial charge in [-0.3, -0.25) is 0 Å². The number of rotatable bonds is 8. The predicted molar refractivity (Wildman–Crippen MR) is 62.8 cm³/mol. The molecule has 0 aliphatic carbocycles. The highest BCUT2D eigenvalue weighted by Gasteiger charge is 2.13. The normalized spacial score (nSPS) is 17.9. The molecule has 0 atom stereocenters. The number of hydrogen-bond acceptors (Lipinski definition) is 2. The Labute approximate surface area is 93.7 Å². The molecule has 1 heterocycles. The van der Waals surface area contributed by atoms with Crippen molar-refractivity contribution >= 4 is 0 Å². The topological polar surface area (TPSA) is 18.5 Å². The van der Waals surface area contributed by atoms with Gasteiger partial charge in [-0.25, -0.2) is 0 Å². The molecule has 0 aromatic carbocycles. The summed E-state index contributed by atoms with van der Waals surface area (Å²) in [7, 11) is 0. The quantitative estimate of drug-likeness (QED) is 0.451. The van der Waals surface area contributed by atoms with Crippen LogP contribution in [0.15, 0.2) is 12.2 Å². The molecule has 2 nitrogen and oxygen atoms in total. The Hall–Kier alpha value is -0.340. The molecule has 0 bridgehead atoms. The van der Waals surface area contributed by atoms with Crippen molar-refractivity contribution in [2.75, 3.05) is 13.2 Å². The average Bonchev–Trinajstić information content (AvgIpc) is 2.75. The molecule has 0 unspecified atom stereocenters. The molecule has 1 aliphatic rings. The summed E-state index contributed by atoms with van der Waals surface area (Å²) in [5.41, 5.74) is 0. The molecule has 2 heteroatoms. The third-order valence-corrected chi connectivity index (χ3v) is 2.65. The maximum Gasteiger partial charge on any atom is 0.158 e. The summed E-state index contributed by atoms with van der Waals surface area (Å²) in [6.45, 7) is 3.79. The number of unbranched alkanes of at least 4 members (excludes halogenated alkanes) is 4. The van der Waals surface area contributed by atoms with Crippen LogP contribution in [-0.2, 0) is 9.47 Å². The summed E-state index contributed by atoms with van der Waals surface area (Å²) in [5.74, 6) is 0. The number of ether oxygens (including phenoxy) is 2. The Balaban J connectivity index is 1.83. The second-order valence-corrected chi connectivity index (χ2v) is 4.07. The zero-order chi connectivity index (χ0) is 10.8. The molecule has 0 radical (unpaired) electrons. The van der Waals surface area contributed by atoms with Gasteiger partial charge in [0, 0.05) is 6.42 Å². The van der Waals surface area contributed by atoms with E-state index in [0.717, 1.165) is 26.1 Å². The summed E-state index contributed by atoms with van der Waals surface area (Å²) in [5, 5.41) is 0. The van der Waals surface area contributed by atoms with Crippen LogP contribution in [0.25, 0.3) is 0 Å². The molecule has 0 aromatic rings. The molecule has 0 aromatic heterocycles. The Morgan fingerprint density at radius 2 is 1.73 bits per heavy atom. The Morgan fingerprint density at radius 1 is 1.00 bits per heavy atom. The largest absolute Gasteiger partial charge is 0.350 e. The van der Waals surface area contributed by atoms with E-state index < -0.39 is 0 Å². The van der Waals surface area contributed by atoms with Gasteiger partial charge in [0.05, 0.1) is 13.2 Å². The highest BCUT2D eigenvalue weighted by molar-refractivity contribution is 4.81. The predicted octanol–water partition coefficient (Wildman–Crippen LogP) is 3.67. The summed E-state index contributed by atoms with van der Waals surface area (Å²) in [6, 6.07) is 0. The van der Waals surface area contributed by atoms with Crippen LogP contribution in [0.2, 0.25) is 0 Å². The number of allylic oxidation sites excluding steroid dienone is 2. The summed E-state index contributed by atoms with van der Waals surface area (Å²) in [4.78, 5) is 0. The van der Waals surface area contributed by atoms with Crippen molar-refractivity contribution in [3.63, 3.8) is 0 Å². The summed E-state index contributed by atoms with van der Waals surface area (Å²) >= 11 is 0. The van der Waals surface area contributed by atoms with Crippen LogP contribution in [0.3, 0.4) is 0 Å². The number of hydrogen-bond donors (Lipinski definition) is 0. The first-order valence-corrected chi connectivity index (χ1v) is 6.31. The molecule has 15 heavy (non-hydrogen) atoms. The van der Waals surface area contributed by atoms with Gasteiger partial charge in [-0.2, -0.15) is 0 Å². The Morgan fingerprint density at radius 3 is 2.47 bits per heavy atom. The summed E-state index contributed by atoms with van der Waals surface area (Å²) in [6.07, 6.45) is 13.3. The molecule has 1 aliphatic heterocycles. The minimum Gasteiger partial charge on any atom is -0.350 e. The van der Waals surface area contributed by atoms with Crippen molar-refractivity contribution in [1.82, 2.24) is 0 Å². The van der Waals surface area contributed by atoms with Crippen LogP contribution in [0, 0.1) is 0 Å². The van der Waals surface area contributed by atoms with Crippen LogP contribution < -0.4 is 0 Å². The van der Waals surface area contributed by atoms with Crippen LogP contribution in [0.4, 0.5) is 0 Å². The minimum absolute atomic E-state index is 0.0646. The fourth-order valence-corrected chi connectivity index (χ4v) is 1.73. The summed E-state index contributed by atoms with van der Waals surface area (Å²) < 4.78 is 10.7. The smallest absolute Gasteiger partial charge is 0.158 e. The molecule has 1 saturated heterocycles. The molecule has 1 rings (SSSR count). The van der Waals surface area contributed by atoms with Gasteiger partial charge in [0.1, 0.15) is 0 Å². The minimum atomic E-state index is 0.0646. The van der Waals surface area contributed by atoms with E-state index in [4.69, 9.17) is 9.47 Å². The Kier molecular flexibility index (Phi) is 7.58. The van der Waals surface area contributed by atoms with E-state index in [1.54, 1.807) is 0 Å². The molecule has 1 fully saturated rings. The van der Waals surface area contributed by atoms with Crippen LogP contribution in [0.1, 0.15) is 51.9 Å². The van der Waals surface area contributed by atoms with E-state index in [0.29, 0.717) is 0 Å². The molecule has 0 saturated carbocycles. The Bertz CT molecular complexity index is 160. The first-order valence-electron chi connectivity index (χ1n) is 6.31. The fourth-order valence-electron chi connectivity index (χ4n) is 1.73. The van der Waals surface area contributed by atoms with Crippen LogP contribution >= 0.6 is 0 Å². The van der Waals surface area contributed by atoms with Crippen molar-refractivity contribution in [2.45, 2.75) is 58.2 Å². The van der Waals surface area contributed by atoms with Crippen LogP contribution in [0.5, 0.6) is 0 Å². The maximum atomic E-state index is 5.36. The molecule has 0 spiro atoms. The first-order chi connectivity index (χ1) is 7.43. The highest BCUT2D eigenvalue weighted by atomic mass is 16.7. The van der Waals surface area contributed by atoms with Gasteiger partial charge in [-0.1, -0.05) is 38.3 Å². The van der Waals surface area contributed by atoms with E-state index in [1.807, 2.05) is 0 Å². The lowest BCUT2D eigenvalue weighted by Crippen LogP contribution is -2.05. The van der Waals surface area contributed by atoms with E-state index in [9.17, 15) is 0 Å². The van der Waals surface area contributed by atoms with Gasteiger partial charge in [0.15, 0.2) is 6.29 Å². The fraction of sp³-hybridized carbons (Fsp3) is 0.846. The molecule has 0 N–H and O–H groups in total. The van der Waals surface area contributed by atoms with Gasteiger partial charge in [0.25, 0.3) is 0 Å². The van der Waals surface area contributed by atoms with Gasteiger partial charge < -0.3 is 9.47 Å². The first kappa shape index (κ1) is 12.7. The molecular weight excluding hydrogens is 188 g/mol. The second-order valence-electron chi connectivity index (χ2n) is 4.07. The zero-order valence-corrected chi connectivity index (χ0v) is 9.91. The van der Waals surface area contributed by atoms with E-state index in [2.05, 4.69) is 19.1 Å². The lowest BCUT2D eigenvalue weighted by Gasteiger charge is -2.05. The lowest BCUT2D eigenvalue weighted by molar-refractivity contribution is -0.0457. The highest BCUT2D eigenvalue weighted by Crippen LogP contribution is 2.10. The third kappa shape index (κ3) is 6.69. The third-order valence-electron chi connectivity index (χ3n) is 2.65. The zero-order valence-electron chi connectivity index (χ0n) is 9.91. The van der Waals surface area contributed by atoms with Crippen molar-refractivity contribution in [3.8, 4) is 0 Å².